The summed E-state index contributed by atoms with van der Waals surface area (Å²) in [6.07, 6.45) is 4.94. The molecule has 0 radical (unpaired) electrons. The van der Waals surface area contributed by atoms with Crippen LogP contribution in [0.3, 0.4) is 0 Å². The Bertz CT molecular complexity index is 594. The summed E-state index contributed by atoms with van der Waals surface area (Å²) in [5, 5.41) is 3.95. The summed E-state index contributed by atoms with van der Waals surface area (Å²) in [6, 6.07) is 0. The fourth-order valence-corrected chi connectivity index (χ4v) is 3.02. The molecular weight excluding hydrogens is 278 g/mol. The minimum Gasteiger partial charge on any atom is -0.338 e. The summed E-state index contributed by atoms with van der Waals surface area (Å²) in [6.45, 7) is 5.28. The van der Waals surface area contributed by atoms with E-state index in [0.29, 0.717) is 11.7 Å². The Hall–Kier alpha value is -0.950. The maximum Gasteiger partial charge on any atom is 0.247 e. The molecule has 0 aromatic carbocycles. The van der Waals surface area contributed by atoms with Crippen LogP contribution >= 0.6 is 0 Å². The third kappa shape index (κ3) is 2.61. The molecule has 0 bridgehead atoms. The van der Waals surface area contributed by atoms with Gasteiger partial charge in [-0.1, -0.05) is 24.9 Å². The van der Waals surface area contributed by atoms with Gasteiger partial charge in [0.25, 0.3) is 0 Å². The van der Waals surface area contributed by atoms with E-state index in [1.54, 1.807) is 13.8 Å². The lowest BCUT2D eigenvalue weighted by Crippen LogP contribution is -2.42. The molecule has 2 unspecified atom stereocenters. The van der Waals surface area contributed by atoms with Gasteiger partial charge in [0.15, 0.2) is 15.7 Å². The highest BCUT2D eigenvalue weighted by Crippen LogP contribution is 2.37. The quantitative estimate of drug-likeness (QED) is 0.912. The first-order valence-electron chi connectivity index (χ1n) is 6.89. The molecule has 114 valence electrons. The Labute approximate surface area is 120 Å². The lowest BCUT2D eigenvalue weighted by molar-refractivity contribution is 0.221. The first-order valence-corrected chi connectivity index (χ1v) is 8.78. The number of nitrogens with zero attached hydrogens (tertiary/aromatic N) is 2. The Morgan fingerprint density at radius 1 is 1.45 bits per heavy atom. The zero-order valence-electron chi connectivity index (χ0n) is 12.5. The summed E-state index contributed by atoms with van der Waals surface area (Å²) < 4.78 is 27.6. The molecule has 7 heteroatoms. The van der Waals surface area contributed by atoms with E-state index in [1.165, 1.54) is 0 Å². The van der Waals surface area contributed by atoms with Crippen LogP contribution in [0.25, 0.3) is 0 Å². The molecule has 0 saturated heterocycles. The van der Waals surface area contributed by atoms with E-state index >= 15 is 0 Å². The summed E-state index contributed by atoms with van der Waals surface area (Å²) >= 11 is 0. The molecule has 1 aliphatic rings. The molecule has 2 N–H and O–H groups in total. The van der Waals surface area contributed by atoms with E-state index in [2.05, 4.69) is 17.1 Å². The number of nitrogens with two attached hydrogens (primary N) is 1. The molecule has 0 spiro atoms. The van der Waals surface area contributed by atoms with Crippen molar-refractivity contribution in [3.05, 3.63) is 11.7 Å². The summed E-state index contributed by atoms with van der Waals surface area (Å²) in [4.78, 5) is 4.30. The first kappa shape index (κ1) is 15.4. The summed E-state index contributed by atoms with van der Waals surface area (Å²) in [5.74, 6) is 1.05. The highest BCUT2D eigenvalue weighted by atomic mass is 32.2. The fraction of sp³-hybridized carbons (Fsp3) is 0.846. The van der Waals surface area contributed by atoms with E-state index < -0.39 is 20.1 Å². The van der Waals surface area contributed by atoms with Gasteiger partial charge < -0.3 is 10.3 Å². The fourth-order valence-electron chi connectivity index (χ4n) is 2.62. The van der Waals surface area contributed by atoms with Crippen molar-refractivity contribution in [1.82, 2.24) is 10.1 Å². The highest BCUT2D eigenvalue weighted by Gasteiger charge is 2.42. The van der Waals surface area contributed by atoms with Gasteiger partial charge in [-0.3, -0.25) is 0 Å². The third-order valence-corrected chi connectivity index (χ3v) is 6.37. The second-order valence-electron chi connectivity index (χ2n) is 6.56. The first-order chi connectivity index (χ1) is 9.06. The molecule has 1 heterocycles. The molecule has 1 fully saturated rings. The zero-order valence-corrected chi connectivity index (χ0v) is 13.3. The molecule has 6 nitrogen and oxygen atoms in total. The molecule has 1 aromatic rings. The molecular formula is C13H23N3O3S. The third-order valence-electron chi connectivity index (χ3n) is 4.35. The number of rotatable bonds is 3. The van der Waals surface area contributed by atoms with Gasteiger partial charge in [0.05, 0.1) is 5.54 Å². The Morgan fingerprint density at radius 2 is 2.10 bits per heavy atom. The van der Waals surface area contributed by atoms with Gasteiger partial charge in [0.2, 0.25) is 5.89 Å². The van der Waals surface area contributed by atoms with Crippen molar-refractivity contribution in [3.8, 4) is 0 Å². The Morgan fingerprint density at radius 3 is 2.65 bits per heavy atom. The Balaban J connectivity index is 2.34. The van der Waals surface area contributed by atoms with Gasteiger partial charge in [-0.2, -0.15) is 4.98 Å². The van der Waals surface area contributed by atoms with Gasteiger partial charge in [-0.15, -0.1) is 0 Å². The van der Waals surface area contributed by atoms with Crippen LogP contribution in [0.5, 0.6) is 0 Å². The van der Waals surface area contributed by atoms with E-state index in [4.69, 9.17) is 10.3 Å². The number of sulfone groups is 1. The predicted molar refractivity (Wildman–Crippen MR) is 75.7 cm³/mol. The smallest absolute Gasteiger partial charge is 0.247 e. The number of hydrogen-bond donors (Lipinski definition) is 1. The lowest BCUT2D eigenvalue weighted by Gasteiger charge is -2.33. The van der Waals surface area contributed by atoms with Crippen LogP contribution in [0.4, 0.5) is 0 Å². The van der Waals surface area contributed by atoms with Gasteiger partial charge in [-0.05, 0) is 32.6 Å². The topological polar surface area (TPSA) is 99.1 Å². The average Bonchev–Trinajstić information content (AvgIpc) is 2.77. The number of hydrogen-bond acceptors (Lipinski definition) is 6. The second-order valence-corrected chi connectivity index (χ2v) is 9.13. The van der Waals surface area contributed by atoms with Crippen LogP contribution in [0.1, 0.15) is 58.2 Å². The van der Waals surface area contributed by atoms with E-state index in [9.17, 15) is 8.42 Å². The maximum atomic E-state index is 11.8. The SMILES string of the molecule is CC1CCCC(N)(c2noc(C(C)(C)S(C)(=O)=O)n2)C1. The average molecular weight is 301 g/mol. The molecule has 20 heavy (non-hydrogen) atoms. The van der Waals surface area contributed by atoms with Crippen molar-refractivity contribution >= 4 is 9.84 Å². The normalized spacial score (nSPS) is 28.6. The maximum absolute atomic E-state index is 11.8. The molecule has 1 aliphatic carbocycles. The molecule has 1 aromatic heterocycles. The zero-order chi connectivity index (χ0) is 15.2. The van der Waals surface area contributed by atoms with E-state index in [0.717, 1.165) is 31.9 Å². The predicted octanol–water partition coefficient (Wildman–Crippen LogP) is 1.71. The van der Waals surface area contributed by atoms with Crippen LogP contribution in [-0.4, -0.2) is 24.8 Å². The van der Waals surface area contributed by atoms with E-state index in [1.807, 2.05) is 0 Å². The van der Waals surface area contributed by atoms with E-state index in [-0.39, 0.29) is 5.89 Å². The van der Waals surface area contributed by atoms with Crippen LogP contribution in [0.15, 0.2) is 4.52 Å². The summed E-state index contributed by atoms with van der Waals surface area (Å²) in [7, 11) is -3.34. The molecule has 1 saturated carbocycles. The largest absolute Gasteiger partial charge is 0.338 e. The second kappa shape index (κ2) is 4.80. The van der Waals surface area contributed by atoms with Crippen LogP contribution < -0.4 is 5.73 Å². The molecule has 2 rings (SSSR count). The van der Waals surface area contributed by atoms with Gasteiger partial charge in [0, 0.05) is 6.26 Å². The monoisotopic (exact) mass is 301 g/mol. The highest BCUT2D eigenvalue weighted by molar-refractivity contribution is 7.91. The minimum absolute atomic E-state index is 0.109. The van der Waals surface area contributed by atoms with Gasteiger partial charge in [-0.25, -0.2) is 8.42 Å². The van der Waals surface area contributed by atoms with Crippen LogP contribution in [0, 0.1) is 5.92 Å². The lowest BCUT2D eigenvalue weighted by atomic mass is 9.76. The van der Waals surface area contributed by atoms with Crippen molar-refractivity contribution in [1.29, 1.82) is 0 Å². The van der Waals surface area contributed by atoms with Crippen LogP contribution in [0.2, 0.25) is 0 Å². The van der Waals surface area contributed by atoms with Crippen LogP contribution in [-0.2, 0) is 20.1 Å². The van der Waals surface area contributed by atoms with Crippen molar-refractivity contribution in [2.24, 2.45) is 11.7 Å². The van der Waals surface area contributed by atoms with Crippen molar-refractivity contribution in [2.45, 2.75) is 56.7 Å². The van der Waals surface area contributed by atoms with Gasteiger partial charge in [0.1, 0.15) is 4.75 Å². The van der Waals surface area contributed by atoms with Crippen molar-refractivity contribution in [3.63, 3.8) is 0 Å². The Kier molecular flexibility index (Phi) is 3.71. The molecule has 2 atom stereocenters. The van der Waals surface area contributed by atoms with Crippen molar-refractivity contribution in [2.75, 3.05) is 6.26 Å². The minimum atomic E-state index is -3.34. The van der Waals surface area contributed by atoms with Crippen molar-refractivity contribution < 1.29 is 12.9 Å². The molecule has 0 amide bonds. The standard InChI is InChI=1S/C13H23N3O3S/c1-9-6-5-7-13(14,8-9)10-15-11(19-16-10)12(2,3)20(4,17)18/h9H,5-8,14H2,1-4H3. The number of aromatic nitrogens is 2. The van der Waals surface area contributed by atoms with Gasteiger partial charge >= 0.3 is 0 Å². The molecule has 0 aliphatic heterocycles. The summed E-state index contributed by atoms with van der Waals surface area (Å²) in [5.41, 5.74) is 5.80.